The van der Waals surface area contributed by atoms with E-state index in [9.17, 15) is 0 Å². The first-order chi connectivity index (χ1) is 15.3. The van der Waals surface area contributed by atoms with Crippen molar-refractivity contribution in [2.45, 2.75) is 0 Å². The predicted octanol–water partition coefficient (Wildman–Crippen LogP) is 6.73. The fourth-order valence-electron chi connectivity index (χ4n) is 3.84. The maximum atomic E-state index is 6.55. The van der Waals surface area contributed by atoms with Crippen molar-refractivity contribution in [2.24, 2.45) is 0 Å². The number of aromatic nitrogens is 2. The average molecular weight is 399 g/mol. The van der Waals surface area contributed by atoms with Crippen molar-refractivity contribution in [1.82, 2.24) is 9.97 Å². The highest BCUT2D eigenvalue weighted by Gasteiger charge is 2.15. The van der Waals surface area contributed by atoms with Crippen molar-refractivity contribution in [1.29, 1.82) is 0 Å². The molecule has 0 atom stereocenters. The summed E-state index contributed by atoms with van der Waals surface area (Å²) in [6.07, 6.45) is 1.81. The summed E-state index contributed by atoms with van der Waals surface area (Å²) in [6.45, 7) is 0. The minimum atomic E-state index is 0.519. The molecule has 0 radical (unpaired) electrons. The van der Waals surface area contributed by atoms with Gasteiger partial charge >= 0.3 is 0 Å². The summed E-state index contributed by atoms with van der Waals surface area (Å²) in [5, 5.41) is 0. The normalized spacial score (nSPS) is 10.7. The SMILES string of the molecule is Nc1nc(-c2cccc(-c3ccccn3)c2)cc(-c2ccccc2)c1-c1ccccc1. The Bertz CT molecular complexity index is 1310. The molecule has 0 fully saturated rings. The lowest BCUT2D eigenvalue weighted by Gasteiger charge is -2.15. The fourth-order valence-corrected chi connectivity index (χ4v) is 3.84. The van der Waals surface area contributed by atoms with E-state index in [2.05, 4.69) is 53.5 Å². The van der Waals surface area contributed by atoms with E-state index < -0.39 is 0 Å². The van der Waals surface area contributed by atoms with Gasteiger partial charge < -0.3 is 5.73 Å². The molecule has 0 aliphatic rings. The average Bonchev–Trinajstić information content (AvgIpc) is 2.85. The van der Waals surface area contributed by atoms with Gasteiger partial charge in [0.2, 0.25) is 0 Å². The Balaban J connectivity index is 1.69. The topological polar surface area (TPSA) is 51.8 Å². The van der Waals surface area contributed by atoms with Crippen LogP contribution in [0, 0.1) is 0 Å². The molecule has 0 saturated heterocycles. The third-order valence-corrected chi connectivity index (χ3v) is 5.31. The van der Waals surface area contributed by atoms with Gasteiger partial charge in [-0.05, 0) is 41.0 Å². The number of nitrogen functional groups attached to an aromatic ring is 1. The van der Waals surface area contributed by atoms with E-state index in [4.69, 9.17) is 10.7 Å². The third-order valence-electron chi connectivity index (χ3n) is 5.31. The molecule has 0 saturated carbocycles. The van der Waals surface area contributed by atoms with Crippen LogP contribution in [0.4, 0.5) is 5.82 Å². The molecular formula is C28H21N3. The lowest BCUT2D eigenvalue weighted by molar-refractivity contribution is 1.31. The Morgan fingerprint density at radius 3 is 1.81 bits per heavy atom. The Morgan fingerprint density at radius 2 is 1.13 bits per heavy atom. The maximum Gasteiger partial charge on any atom is 0.132 e. The predicted molar refractivity (Wildman–Crippen MR) is 128 cm³/mol. The second-order valence-corrected chi connectivity index (χ2v) is 7.34. The number of nitrogens with zero attached hydrogens (tertiary/aromatic N) is 2. The van der Waals surface area contributed by atoms with Crippen LogP contribution in [-0.2, 0) is 0 Å². The Labute approximate surface area is 181 Å². The molecule has 0 bridgehead atoms. The fraction of sp³-hybridized carbons (Fsp3) is 0. The van der Waals surface area contributed by atoms with Crippen LogP contribution in [0.5, 0.6) is 0 Å². The molecule has 0 spiro atoms. The van der Waals surface area contributed by atoms with Crippen LogP contribution in [0.15, 0.2) is 115 Å². The summed E-state index contributed by atoms with van der Waals surface area (Å²) < 4.78 is 0. The highest BCUT2D eigenvalue weighted by atomic mass is 14.8. The first-order valence-corrected chi connectivity index (χ1v) is 10.2. The van der Waals surface area contributed by atoms with Gasteiger partial charge in [0.25, 0.3) is 0 Å². The number of rotatable bonds is 4. The summed E-state index contributed by atoms with van der Waals surface area (Å²) in [7, 11) is 0. The van der Waals surface area contributed by atoms with Crippen molar-refractivity contribution in [2.75, 3.05) is 5.73 Å². The molecule has 2 aromatic heterocycles. The monoisotopic (exact) mass is 399 g/mol. The van der Waals surface area contributed by atoms with E-state index in [0.717, 1.165) is 44.8 Å². The molecular weight excluding hydrogens is 378 g/mol. The van der Waals surface area contributed by atoms with Crippen LogP contribution in [0.25, 0.3) is 44.8 Å². The maximum absolute atomic E-state index is 6.55. The second-order valence-electron chi connectivity index (χ2n) is 7.34. The number of hydrogen-bond acceptors (Lipinski definition) is 3. The number of hydrogen-bond donors (Lipinski definition) is 1. The van der Waals surface area contributed by atoms with Gasteiger partial charge in [0.05, 0.1) is 11.4 Å². The van der Waals surface area contributed by atoms with Crippen molar-refractivity contribution >= 4 is 5.82 Å². The highest BCUT2D eigenvalue weighted by molar-refractivity contribution is 5.92. The molecule has 0 aliphatic heterocycles. The Hall–Kier alpha value is -4.24. The van der Waals surface area contributed by atoms with Gasteiger partial charge in [-0.15, -0.1) is 0 Å². The lowest BCUT2D eigenvalue weighted by Crippen LogP contribution is -1.99. The number of nitrogens with two attached hydrogens (primary N) is 1. The quantitative estimate of drug-likeness (QED) is 0.365. The Morgan fingerprint density at radius 1 is 0.516 bits per heavy atom. The lowest BCUT2D eigenvalue weighted by atomic mass is 9.93. The molecule has 2 heterocycles. The standard InChI is InChI=1S/C28H21N3/c29-28-27(21-12-5-2-6-13-21)24(20-10-3-1-4-11-20)19-26(31-28)23-15-9-14-22(18-23)25-16-7-8-17-30-25/h1-19H,(H2,29,31). The van der Waals surface area contributed by atoms with Crippen LogP contribution < -0.4 is 5.73 Å². The van der Waals surface area contributed by atoms with Gasteiger partial charge in [0, 0.05) is 22.9 Å². The molecule has 3 heteroatoms. The molecule has 2 N–H and O–H groups in total. The van der Waals surface area contributed by atoms with E-state index in [1.807, 2.05) is 60.7 Å². The molecule has 5 rings (SSSR count). The van der Waals surface area contributed by atoms with Gasteiger partial charge in [-0.3, -0.25) is 4.98 Å². The molecule has 0 unspecified atom stereocenters. The summed E-state index contributed by atoms with van der Waals surface area (Å²) in [4.78, 5) is 9.27. The van der Waals surface area contributed by atoms with Crippen molar-refractivity contribution in [3.63, 3.8) is 0 Å². The number of benzene rings is 3. The van der Waals surface area contributed by atoms with Crippen LogP contribution in [0.3, 0.4) is 0 Å². The molecule has 3 aromatic carbocycles. The number of anilines is 1. The van der Waals surface area contributed by atoms with Crippen LogP contribution >= 0.6 is 0 Å². The minimum absolute atomic E-state index is 0.519. The van der Waals surface area contributed by atoms with E-state index in [0.29, 0.717) is 5.82 Å². The van der Waals surface area contributed by atoms with Crippen LogP contribution in [0.1, 0.15) is 0 Å². The van der Waals surface area contributed by atoms with Crippen molar-refractivity contribution in [3.8, 4) is 44.8 Å². The summed E-state index contributed by atoms with van der Waals surface area (Å²) >= 11 is 0. The minimum Gasteiger partial charge on any atom is -0.383 e. The molecule has 0 amide bonds. The largest absolute Gasteiger partial charge is 0.383 e. The zero-order valence-corrected chi connectivity index (χ0v) is 16.9. The summed E-state index contributed by atoms with van der Waals surface area (Å²) in [5.41, 5.74) is 14.6. The number of pyridine rings is 2. The zero-order chi connectivity index (χ0) is 21.0. The first-order valence-electron chi connectivity index (χ1n) is 10.2. The van der Waals surface area contributed by atoms with E-state index in [-0.39, 0.29) is 0 Å². The molecule has 0 aliphatic carbocycles. The van der Waals surface area contributed by atoms with E-state index >= 15 is 0 Å². The molecule has 148 valence electrons. The van der Waals surface area contributed by atoms with Gasteiger partial charge in [0.15, 0.2) is 0 Å². The zero-order valence-electron chi connectivity index (χ0n) is 16.9. The molecule has 5 aromatic rings. The highest BCUT2D eigenvalue weighted by Crippen LogP contribution is 2.38. The van der Waals surface area contributed by atoms with Gasteiger partial charge in [-0.1, -0.05) is 84.9 Å². The van der Waals surface area contributed by atoms with Crippen molar-refractivity contribution < 1.29 is 0 Å². The van der Waals surface area contributed by atoms with Crippen LogP contribution in [0.2, 0.25) is 0 Å². The second kappa shape index (κ2) is 8.25. The van der Waals surface area contributed by atoms with E-state index in [1.54, 1.807) is 6.20 Å². The summed E-state index contributed by atoms with van der Waals surface area (Å²) in [6, 6.07) is 36.8. The van der Waals surface area contributed by atoms with Gasteiger partial charge in [-0.25, -0.2) is 4.98 Å². The van der Waals surface area contributed by atoms with Gasteiger partial charge in [0.1, 0.15) is 5.82 Å². The smallest absolute Gasteiger partial charge is 0.132 e. The van der Waals surface area contributed by atoms with E-state index in [1.165, 1.54) is 0 Å². The van der Waals surface area contributed by atoms with Gasteiger partial charge in [-0.2, -0.15) is 0 Å². The summed E-state index contributed by atoms with van der Waals surface area (Å²) in [5.74, 6) is 0.519. The van der Waals surface area contributed by atoms with Crippen molar-refractivity contribution in [3.05, 3.63) is 115 Å². The Kier molecular flexibility index (Phi) is 4.99. The van der Waals surface area contributed by atoms with Crippen LogP contribution in [-0.4, -0.2) is 9.97 Å². The third kappa shape index (κ3) is 3.81. The molecule has 3 nitrogen and oxygen atoms in total. The molecule has 31 heavy (non-hydrogen) atoms. The first kappa shape index (κ1) is 18.8.